The Morgan fingerprint density at radius 2 is 1.65 bits per heavy atom. The van der Waals surface area contributed by atoms with Crippen LogP contribution >= 0.6 is 0 Å². The van der Waals surface area contributed by atoms with E-state index in [1.807, 2.05) is 22.8 Å². The fourth-order valence-electron chi connectivity index (χ4n) is 3.89. The van der Waals surface area contributed by atoms with Gasteiger partial charge in [-0.25, -0.2) is 9.98 Å². The van der Waals surface area contributed by atoms with Crippen molar-refractivity contribution in [2.45, 2.75) is 12.6 Å². The number of methoxy groups -OCH3 is 3. The molecule has 3 aromatic rings. The summed E-state index contributed by atoms with van der Waals surface area (Å²) in [6.07, 6.45) is 0.284. The van der Waals surface area contributed by atoms with Crippen LogP contribution in [0.25, 0.3) is 11.0 Å². The van der Waals surface area contributed by atoms with Crippen molar-refractivity contribution in [1.82, 2.24) is 9.55 Å². The first-order valence-electron chi connectivity index (χ1n) is 9.84. The Labute approximate surface area is 178 Å². The van der Waals surface area contributed by atoms with E-state index in [0.29, 0.717) is 47.9 Å². The molecular formula is C21H23N5O5. The van der Waals surface area contributed by atoms with Crippen molar-refractivity contribution in [1.29, 1.82) is 0 Å². The highest BCUT2D eigenvalue weighted by molar-refractivity contribution is 5.95. The van der Waals surface area contributed by atoms with Crippen molar-refractivity contribution >= 4 is 22.9 Å². The maximum atomic E-state index is 6.10. The van der Waals surface area contributed by atoms with Crippen molar-refractivity contribution in [3.05, 3.63) is 29.8 Å². The zero-order chi connectivity index (χ0) is 21.5. The van der Waals surface area contributed by atoms with E-state index in [1.54, 1.807) is 27.4 Å². The Kier molecular flexibility index (Phi) is 4.61. The van der Waals surface area contributed by atoms with Gasteiger partial charge in [0.2, 0.25) is 5.95 Å². The van der Waals surface area contributed by atoms with E-state index in [0.717, 1.165) is 23.0 Å². The monoisotopic (exact) mass is 425 g/mol. The summed E-state index contributed by atoms with van der Waals surface area (Å²) in [5, 5.41) is 3.04. The molecule has 3 heterocycles. The number of guanidine groups is 1. The number of hydrogen-bond donors (Lipinski definition) is 2. The molecule has 0 spiro atoms. The maximum absolute atomic E-state index is 6.10. The topological polar surface area (TPSA) is 114 Å². The van der Waals surface area contributed by atoms with Crippen molar-refractivity contribution in [2.75, 3.05) is 39.9 Å². The smallest absolute Gasteiger partial charge is 0.212 e. The molecule has 162 valence electrons. The predicted molar refractivity (Wildman–Crippen MR) is 115 cm³/mol. The maximum Gasteiger partial charge on any atom is 0.212 e. The van der Waals surface area contributed by atoms with Crippen molar-refractivity contribution in [3.63, 3.8) is 0 Å². The first kappa shape index (κ1) is 19.2. The molecule has 5 rings (SSSR count). The Morgan fingerprint density at radius 1 is 0.968 bits per heavy atom. The van der Waals surface area contributed by atoms with E-state index < -0.39 is 6.17 Å². The molecule has 0 saturated heterocycles. The predicted octanol–water partition coefficient (Wildman–Crippen LogP) is 2.51. The van der Waals surface area contributed by atoms with Crippen LogP contribution in [-0.4, -0.2) is 50.1 Å². The van der Waals surface area contributed by atoms with Gasteiger partial charge in [-0.05, 0) is 6.07 Å². The lowest BCUT2D eigenvalue weighted by molar-refractivity contribution is 0.297. The van der Waals surface area contributed by atoms with Crippen molar-refractivity contribution in [3.8, 4) is 28.7 Å². The van der Waals surface area contributed by atoms with Crippen LogP contribution in [0.5, 0.6) is 28.7 Å². The second-order valence-corrected chi connectivity index (χ2v) is 7.11. The number of anilines is 1. The third kappa shape index (κ3) is 3.11. The van der Waals surface area contributed by atoms with Gasteiger partial charge in [0.15, 0.2) is 35.1 Å². The minimum absolute atomic E-state index is 0.249. The Morgan fingerprint density at radius 3 is 2.35 bits per heavy atom. The standard InChI is InChI=1S/C21H23N5O5/c1-27-14-10-16(29-3)15(28-2)7-11(14)19-24-20(22)25-21-23-12-8-17-18(9-13(12)26(19)21)31-6-4-5-30-17/h7-10,19H,4-6H2,1-3H3,(H3,22,23,24,25)/t19-/m0/s1. The summed E-state index contributed by atoms with van der Waals surface area (Å²) in [5.41, 5.74) is 8.41. The number of benzene rings is 2. The number of aromatic nitrogens is 2. The number of nitrogens with two attached hydrogens (primary N) is 1. The lowest BCUT2D eigenvalue weighted by atomic mass is 10.1. The SMILES string of the molecule is COc1cc(OC)c([C@H]2N=C(N)Nc3nc4cc5c(cc4n32)OCCCO5)cc1OC. The lowest BCUT2D eigenvalue weighted by Crippen LogP contribution is -2.31. The van der Waals surface area contributed by atoms with E-state index >= 15 is 0 Å². The lowest BCUT2D eigenvalue weighted by Gasteiger charge is -2.26. The van der Waals surface area contributed by atoms with Crippen LogP contribution < -0.4 is 34.7 Å². The number of nitrogens with zero attached hydrogens (tertiary/aromatic N) is 3. The molecule has 0 radical (unpaired) electrons. The van der Waals surface area contributed by atoms with E-state index in [4.69, 9.17) is 34.4 Å². The zero-order valence-corrected chi connectivity index (χ0v) is 17.5. The van der Waals surface area contributed by atoms with Crippen molar-refractivity contribution in [2.24, 2.45) is 10.7 Å². The molecule has 0 unspecified atom stereocenters. The summed E-state index contributed by atoms with van der Waals surface area (Å²) < 4.78 is 30.2. The van der Waals surface area contributed by atoms with Crippen LogP contribution in [0.3, 0.4) is 0 Å². The van der Waals surface area contributed by atoms with E-state index in [-0.39, 0.29) is 5.96 Å². The fourth-order valence-corrected chi connectivity index (χ4v) is 3.89. The molecule has 0 aliphatic carbocycles. The summed E-state index contributed by atoms with van der Waals surface area (Å²) in [4.78, 5) is 9.35. The van der Waals surface area contributed by atoms with E-state index in [9.17, 15) is 0 Å². The van der Waals surface area contributed by atoms with Crippen LogP contribution in [0, 0.1) is 0 Å². The zero-order valence-electron chi connectivity index (χ0n) is 17.5. The van der Waals surface area contributed by atoms with Gasteiger partial charge in [0.1, 0.15) is 5.75 Å². The third-order valence-electron chi connectivity index (χ3n) is 5.32. The molecule has 0 amide bonds. The minimum Gasteiger partial charge on any atom is -0.496 e. The molecule has 1 atom stereocenters. The van der Waals surface area contributed by atoms with Gasteiger partial charge in [0.05, 0.1) is 45.6 Å². The molecule has 0 fully saturated rings. The van der Waals surface area contributed by atoms with Gasteiger partial charge < -0.3 is 29.4 Å². The number of imidazole rings is 1. The first-order chi connectivity index (χ1) is 15.1. The number of fused-ring (bicyclic) bond motifs is 4. The van der Waals surface area contributed by atoms with Gasteiger partial charge in [-0.1, -0.05) is 0 Å². The summed E-state index contributed by atoms with van der Waals surface area (Å²) >= 11 is 0. The molecule has 2 aliphatic rings. The van der Waals surface area contributed by atoms with Crippen LogP contribution in [0.2, 0.25) is 0 Å². The van der Waals surface area contributed by atoms with Gasteiger partial charge in [0.25, 0.3) is 0 Å². The summed E-state index contributed by atoms with van der Waals surface area (Å²) in [7, 11) is 4.75. The second kappa shape index (κ2) is 7.46. The van der Waals surface area contributed by atoms with Gasteiger partial charge in [-0.2, -0.15) is 0 Å². The molecular weight excluding hydrogens is 402 g/mol. The number of rotatable bonds is 4. The average Bonchev–Trinajstić information content (AvgIpc) is 2.97. The highest BCUT2D eigenvalue weighted by Gasteiger charge is 2.30. The Bertz CT molecular complexity index is 1190. The van der Waals surface area contributed by atoms with Gasteiger partial charge in [-0.15, -0.1) is 0 Å². The Hall–Kier alpha value is -3.82. The van der Waals surface area contributed by atoms with E-state index in [2.05, 4.69) is 10.3 Å². The molecule has 31 heavy (non-hydrogen) atoms. The first-order valence-corrected chi connectivity index (χ1v) is 9.84. The molecule has 1 aromatic heterocycles. The number of hydrogen-bond acceptors (Lipinski definition) is 9. The number of ether oxygens (including phenoxy) is 5. The normalized spacial score (nSPS) is 17.3. The highest BCUT2D eigenvalue weighted by atomic mass is 16.5. The molecule has 3 N–H and O–H groups in total. The summed E-state index contributed by atoms with van der Waals surface area (Å²) in [5.74, 6) is 3.86. The van der Waals surface area contributed by atoms with Gasteiger partial charge in [-0.3, -0.25) is 9.88 Å². The summed E-state index contributed by atoms with van der Waals surface area (Å²) in [6, 6.07) is 7.40. The minimum atomic E-state index is -0.541. The Balaban J connectivity index is 1.72. The van der Waals surface area contributed by atoms with Crippen LogP contribution in [0.15, 0.2) is 29.3 Å². The highest BCUT2D eigenvalue weighted by Crippen LogP contribution is 2.43. The van der Waals surface area contributed by atoms with Gasteiger partial charge >= 0.3 is 0 Å². The van der Waals surface area contributed by atoms with Gasteiger partial charge in [0, 0.05) is 30.2 Å². The molecule has 10 heteroatoms. The third-order valence-corrected chi connectivity index (χ3v) is 5.32. The van der Waals surface area contributed by atoms with E-state index in [1.165, 1.54) is 0 Å². The summed E-state index contributed by atoms with van der Waals surface area (Å²) in [6.45, 7) is 1.20. The second-order valence-electron chi connectivity index (χ2n) is 7.11. The molecule has 2 aromatic carbocycles. The van der Waals surface area contributed by atoms with Crippen LogP contribution in [0.4, 0.5) is 5.95 Å². The molecule has 2 aliphatic heterocycles. The largest absolute Gasteiger partial charge is 0.496 e. The molecule has 0 bridgehead atoms. The van der Waals surface area contributed by atoms with Crippen molar-refractivity contribution < 1.29 is 23.7 Å². The van der Waals surface area contributed by atoms with Crippen LogP contribution in [-0.2, 0) is 0 Å². The van der Waals surface area contributed by atoms with Crippen LogP contribution in [0.1, 0.15) is 18.2 Å². The molecule has 0 saturated carbocycles. The number of aliphatic imine (C=N–C) groups is 1. The molecule has 10 nitrogen and oxygen atoms in total. The quantitative estimate of drug-likeness (QED) is 0.655. The average molecular weight is 425 g/mol. The number of nitrogens with one attached hydrogen (secondary N) is 1. The fraction of sp³-hybridized carbons (Fsp3) is 0.333.